The number of Topliss-reactive ketones (excluding diaryl/α,β-unsaturated/α-hetero) is 1. The highest BCUT2D eigenvalue weighted by Crippen LogP contribution is 2.40. The van der Waals surface area contributed by atoms with Crippen LogP contribution in [-0.2, 0) is 24.0 Å². The molecule has 2 heterocycles. The fourth-order valence-electron chi connectivity index (χ4n) is 7.27. The van der Waals surface area contributed by atoms with Crippen LogP contribution in [0.25, 0.3) is 0 Å². The maximum atomic E-state index is 14.6. The Morgan fingerprint density at radius 1 is 0.880 bits per heavy atom. The van der Waals surface area contributed by atoms with E-state index in [1.54, 1.807) is 0 Å². The number of rotatable bonds is 13. The van der Waals surface area contributed by atoms with Gasteiger partial charge in [0.25, 0.3) is 11.8 Å². The van der Waals surface area contributed by atoms with Gasteiger partial charge in [0.2, 0.25) is 23.5 Å². The molecule has 1 aromatic heterocycles. The smallest absolute Gasteiger partial charge is 0.289 e. The van der Waals surface area contributed by atoms with E-state index in [0.29, 0.717) is 12.8 Å². The summed E-state index contributed by atoms with van der Waals surface area (Å²) in [7, 11) is 0. The van der Waals surface area contributed by atoms with E-state index in [1.807, 2.05) is 48.5 Å². The van der Waals surface area contributed by atoms with Crippen LogP contribution in [0.5, 0.6) is 0 Å². The van der Waals surface area contributed by atoms with Gasteiger partial charge in [-0.2, -0.15) is 0 Å². The van der Waals surface area contributed by atoms with E-state index < -0.39 is 64.9 Å². The fourth-order valence-corrected chi connectivity index (χ4v) is 7.27. The summed E-state index contributed by atoms with van der Waals surface area (Å²) in [5.41, 5.74) is -1.04. The minimum Gasteiger partial charge on any atom is -0.347 e. The highest BCUT2D eigenvalue weighted by Gasteiger charge is 2.50. The molecule has 0 unspecified atom stereocenters. The van der Waals surface area contributed by atoms with Crippen LogP contribution >= 0.6 is 0 Å². The molecule has 0 bridgehead atoms. The van der Waals surface area contributed by atoms with Gasteiger partial charge >= 0.3 is 0 Å². The summed E-state index contributed by atoms with van der Waals surface area (Å²) in [6, 6.07) is -3.86. The Balaban J connectivity index is 1.59. The lowest BCUT2D eigenvalue weighted by Gasteiger charge is -2.39. The van der Waals surface area contributed by atoms with Crippen molar-refractivity contribution in [3.05, 3.63) is 24.3 Å². The van der Waals surface area contributed by atoms with Crippen molar-refractivity contribution >= 4 is 35.3 Å². The average molecular weight is 696 g/mol. The molecule has 0 spiro atoms. The number of amides is 5. The van der Waals surface area contributed by atoms with Crippen LogP contribution < -0.4 is 21.3 Å². The molecule has 50 heavy (non-hydrogen) atoms. The molecule has 5 atom stereocenters. The van der Waals surface area contributed by atoms with Crippen molar-refractivity contribution in [1.29, 1.82) is 0 Å². The highest BCUT2D eigenvalue weighted by atomic mass is 16.2. The Morgan fingerprint density at radius 3 is 2.12 bits per heavy atom. The zero-order chi connectivity index (χ0) is 36.8. The molecule has 0 radical (unpaired) electrons. The first-order valence-corrected chi connectivity index (χ1v) is 18.4. The molecule has 3 fully saturated rings. The van der Waals surface area contributed by atoms with Crippen molar-refractivity contribution in [2.45, 2.75) is 143 Å². The van der Waals surface area contributed by atoms with Gasteiger partial charge in [0, 0.05) is 25.0 Å². The van der Waals surface area contributed by atoms with Gasteiger partial charge in [0.15, 0.2) is 0 Å². The van der Waals surface area contributed by atoms with E-state index in [2.05, 4.69) is 31.2 Å². The maximum Gasteiger partial charge on any atom is 0.289 e. The Bertz CT molecular complexity index is 1390. The average Bonchev–Trinajstić information content (AvgIpc) is 3.76. The Labute approximate surface area is 296 Å². The lowest BCUT2D eigenvalue weighted by atomic mass is 9.75. The molecule has 5 amide bonds. The number of nitrogens with one attached hydrogen (secondary N) is 4. The second-order valence-electron chi connectivity index (χ2n) is 16.4. The van der Waals surface area contributed by atoms with E-state index in [-0.39, 0.29) is 42.0 Å². The highest BCUT2D eigenvalue weighted by molar-refractivity contribution is 6.38. The van der Waals surface area contributed by atoms with Gasteiger partial charge in [-0.1, -0.05) is 74.1 Å². The van der Waals surface area contributed by atoms with Gasteiger partial charge in [-0.05, 0) is 61.2 Å². The van der Waals surface area contributed by atoms with Crippen LogP contribution in [-0.4, -0.2) is 86.9 Å². The Hall–Kier alpha value is -3.90. The van der Waals surface area contributed by atoms with Gasteiger partial charge in [-0.15, -0.1) is 0 Å². The number of nitrogens with zero attached hydrogens (tertiary/aromatic N) is 3. The molecular weight excluding hydrogens is 638 g/mol. The standard InChI is InChI=1S/C37H57N7O6/c1-8-12-25(29(45)34(49)40-23-15-16-23)41-33(48)28-24(36(2,3)4)17-20-44(28)35(50)30(37(5,6)7)43-32(47)27(22-13-10-9-11-14-22)42-31(46)26-21-38-18-19-39-26/h18-19,21-25,27-28,30H,8-17,20H2,1-7H3,(H,40,49)(H,41,48)(H,42,46)(H,43,47)/t24-,25-,27-,28-,30+/m0/s1. The van der Waals surface area contributed by atoms with Crippen LogP contribution in [0.1, 0.15) is 123 Å². The van der Waals surface area contributed by atoms with Crippen LogP contribution in [0.15, 0.2) is 18.6 Å². The predicted octanol–water partition coefficient (Wildman–Crippen LogP) is 3.08. The summed E-state index contributed by atoms with van der Waals surface area (Å²) in [6.07, 6.45) is 11.7. The number of carbonyl (C=O) groups is 6. The van der Waals surface area contributed by atoms with Crippen molar-refractivity contribution in [2.24, 2.45) is 22.7 Å². The molecule has 0 aromatic carbocycles. The molecule has 1 aliphatic heterocycles. The lowest BCUT2D eigenvalue weighted by Crippen LogP contribution is -2.62. The minimum absolute atomic E-state index is 0.000214. The van der Waals surface area contributed by atoms with E-state index in [9.17, 15) is 28.8 Å². The van der Waals surface area contributed by atoms with E-state index >= 15 is 0 Å². The van der Waals surface area contributed by atoms with Crippen molar-refractivity contribution < 1.29 is 28.8 Å². The van der Waals surface area contributed by atoms with Crippen molar-refractivity contribution in [3.8, 4) is 0 Å². The topological polar surface area (TPSA) is 180 Å². The van der Waals surface area contributed by atoms with E-state index in [0.717, 1.165) is 44.9 Å². The Kier molecular flexibility index (Phi) is 12.8. The van der Waals surface area contributed by atoms with Gasteiger partial charge in [0.1, 0.15) is 23.8 Å². The SMILES string of the molecule is CCC[C@H](NC(=O)[C@@H]1[C@@H](C(C)(C)C)CCN1C(=O)[C@@H](NC(=O)[C@@H](NC(=O)c1cnccn1)C1CCCCC1)C(C)(C)C)C(=O)C(=O)NC1CC1. The van der Waals surface area contributed by atoms with Crippen molar-refractivity contribution in [3.63, 3.8) is 0 Å². The third-order valence-corrected chi connectivity index (χ3v) is 10.3. The quantitative estimate of drug-likeness (QED) is 0.227. The van der Waals surface area contributed by atoms with Crippen LogP contribution in [0.3, 0.4) is 0 Å². The first-order valence-electron chi connectivity index (χ1n) is 18.4. The molecule has 1 saturated heterocycles. The number of carbonyl (C=O) groups excluding carboxylic acids is 6. The molecule has 1 aromatic rings. The molecule has 3 aliphatic rings. The zero-order valence-electron chi connectivity index (χ0n) is 30.8. The number of aromatic nitrogens is 2. The first kappa shape index (κ1) is 38.9. The number of hydrogen-bond donors (Lipinski definition) is 4. The minimum atomic E-state index is -1.03. The lowest BCUT2D eigenvalue weighted by molar-refractivity contribution is -0.146. The van der Waals surface area contributed by atoms with Crippen LogP contribution in [0.2, 0.25) is 0 Å². The van der Waals surface area contributed by atoms with Crippen molar-refractivity contribution in [1.82, 2.24) is 36.1 Å². The molecular formula is C37H57N7O6. The van der Waals surface area contributed by atoms with Gasteiger partial charge in [-0.25, -0.2) is 4.98 Å². The number of ketones is 1. The summed E-state index contributed by atoms with van der Waals surface area (Å²) in [5.74, 6) is -3.65. The largest absolute Gasteiger partial charge is 0.347 e. The van der Waals surface area contributed by atoms with Gasteiger partial charge in [-0.3, -0.25) is 33.8 Å². The summed E-state index contributed by atoms with van der Waals surface area (Å²) in [5, 5.41) is 11.5. The second-order valence-corrected chi connectivity index (χ2v) is 16.4. The van der Waals surface area contributed by atoms with E-state index in [1.165, 1.54) is 23.5 Å². The predicted molar refractivity (Wildman–Crippen MR) is 187 cm³/mol. The number of likely N-dealkylation sites (tertiary alicyclic amines) is 1. The van der Waals surface area contributed by atoms with E-state index in [4.69, 9.17) is 0 Å². The summed E-state index contributed by atoms with van der Waals surface area (Å²) in [6.45, 7) is 13.8. The van der Waals surface area contributed by atoms with Crippen LogP contribution in [0, 0.1) is 22.7 Å². The fraction of sp³-hybridized carbons (Fsp3) is 0.730. The zero-order valence-corrected chi connectivity index (χ0v) is 30.8. The number of hydrogen-bond acceptors (Lipinski definition) is 8. The second kappa shape index (κ2) is 16.4. The summed E-state index contributed by atoms with van der Waals surface area (Å²) >= 11 is 0. The third kappa shape index (κ3) is 9.87. The molecule has 4 rings (SSSR count). The molecule has 13 nitrogen and oxygen atoms in total. The maximum absolute atomic E-state index is 14.6. The van der Waals surface area contributed by atoms with Gasteiger partial charge in [0.05, 0.1) is 12.2 Å². The first-order chi connectivity index (χ1) is 23.5. The molecule has 2 saturated carbocycles. The van der Waals surface area contributed by atoms with Crippen LogP contribution in [0.4, 0.5) is 0 Å². The molecule has 276 valence electrons. The molecule has 13 heteroatoms. The molecule has 2 aliphatic carbocycles. The normalized spacial score (nSPS) is 21.8. The molecule has 4 N–H and O–H groups in total. The van der Waals surface area contributed by atoms with Crippen molar-refractivity contribution in [2.75, 3.05) is 6.54 Å². The summed E-state index contributed by atoms with van der Waals surface area (Å²) in [4.78, 5) is 91.6. The summed E-state index contributed by atoms with van der Waals surface area (Å²) < 4.78 is 0. The monoisotopic (exact) mass is 695 g/mol. The van der Waals surface area contributed by atoms with Gasteiger partial charge < -0.3 is 26.2 Å². The Morgan fingerprint density at radius 2 is 1.56 bits per heavy atom. The third-order valence-electron chi connectivity index (χ3n) is 10.3.